The van der Waals surface area contributed by atoms with E-state index in [-0.39, 0.29) is 0 Å². The summed E-state index contributed by atoms with van der Waals surface area (Å²) in [6.45, 7) is 5.41. The number of ether oxygens (including phenoxy) is 1. The van der Waals surface area contributed by atoms with Crippen molar-refractivity contribution < 1.29 is 14.3 Å². The van der Waals surface area contributed by atoms with Gasteiger partial charge in [0.15, 0.2) is 5.82 Å². The summed E-state index contributed by atoms with van der Waals surface area (Å²) in [5, 5.41) is 16.3. The Morgan fingerprint density at radius 1 is 1.07 bits per heavy atom. The number of piperidine rings is 1. The summed E-state index contributed by atoms with van der Waals surface area (Å²) in [5.41, 5.74) is 5.44. The number of aromatic nitrogens is 5. The predicted octanol–water partition coefficient (Wildman–Crippen LogP) is 5.04. The van der Waals surface area contributed by atoms with E-state index in [2.05, 4.69) is 55.0 Å². The SMILES string of the molecule is CCc1c(NC(=O)OCCCN2CCC(=O)CC2)cn2ncnc(Nc3ccc4c(cnn4Cc4ccccc4)c3)c12. The molecule has 1 fully saturated rings. The summed E-state index contributed by atoms with van der Waals surface area (Å²) in [7, 11) is 0. The molecule has 0 unspecified atom stereocenters. The molecular formula is C31H34N8O3. The van der Waals surface area contributed by atoms with Crippen LogP contribution in [0.4, 0.5) is 22.0 Å². The second-order valence-corrected chi connectivity index (χ2v) is 10.5. The molecule has 1 aliphatic heterocycles. The van der Waals surface area contributed by atoms with Gasteiger partial charge in [0.2, 0.25) is 0 Å². The molecule has 0 spiro atoms. The van der Waals surface area contributed by atoms with Crippen LogP contribution in [-0.2, 0) is 22.5 Å². The zero-order chi connectivity index (χ0) is 28.9. The first-order valence-electron chi connectivity index (χ1n) is 14.4. The van der Waals surface area contributed by atoms with Gasteiger partial charge in [-0.1, -0.05) is 37.3 Å². The Kier molecular flexibility index (Phi) is 8.09. The highest BCUT2D eigenvalue weighted by atomic mass is 16.5. The Labute approximate surface area is 243 Å². The second-order valence-electron chi connectivity index (χ2n) is 10.5. The third-order valence-electron chi connectivity index (χ3n) is 7.61. The van der Waals surface area contributed by atoms with Crippen molar-refractivity contribution in [3.63, 3.8) is 0 Å². The van der Waals surface area contributed by atoms with Gasteiger partial charge < -0.3 is 15.0 Å². The van der Waals surface area contributed by atoms with Crippen LogP contribution in [0.3, 0.4) is 0 Å². The average molecular weight is 567 g/mol. The van der Waals surface area contributed by atoms with Gasteiger partial charge in [0.05, 0.1) is 36.7 Å². The summed E-state index contributed by atoms with van der Waals surface area (Å²) >= 11 is 0. The number of hydrogen-bond acceptors (Lipinski definition) is 8. The molecule has 4 heterocycles. The maximum absolute atomic E-state index is 12.6. The normalized spacial score (nSPS) is 14.0. The highest BCUT2D eigenvalue weighted by Gasteiger charge is 2.18. The molecule has 6 rings (SSSR count). The van der Waals surface area contributed by atoms with E-state index in [1.165, 1.54) is 11.9 Å². The number of hydrogen-bond donors (Lipinski definition) is 2. The van der Waals surface area contributed by atoms with Crippen LogP contribution in [0.2, 0.25) is 0 Å². The second kappa shape index (κ2) is 12.4. The van der Waals surface area contributed by atoms with Crippen LogP contribution in [0.1, 0.15) is 37.3 Å². The topological polar surface area (TPSA) is 119 Å². The number of aryl methyl sites for hydroxylation is 1. The van der Waals surface area contributed by atoms with E-state index < -0.39 is 6.09 Å². The Hall–Kier alpha value is -4.77. The summed E-state index contributed by atoms with van der Waals surface area (Å²) in [4.78, 5) is 30.8. The standard InChI is InChI=1S/C31H34N8O3/c1-2-26-27(36-31(41)42-16-6-13-37-14-11-25(40)12-15-37)20-39-29(26)30(32-21-34-39)35-24-9-10-28-23(17-24)18-33-38(28)19-22-7-4-3-5-8-22/h3-5,7-10,17-18,20-21H,2,6,11-16,19H2,1H3,(H,36,41)(H,32,34,35). The first kappa shape index (κ1) is 27.4. The lowest BCUT2D eigenvalue weighted by molar-refractivity contribution is -0.121. The molecule has 0 aliphatic carbocycles. The van der Waals surface area contributed by atoms with E-state index in [1.807, 2.05) is 42.1 Å². The highest BCUT2D eigenvalue weighted by molar-refractivity contribution is 5.91. The number of rotatable bonds is 10. The van der Waals surface area contributed by atoms with E-state index in [1.54, 1.807) is 10.7 Å². The van der Waals surface area contributed by atoms with Crippen molar-refractivity contribution in [2.45, 2.75) is 39.2 Å². The number of carbonyl (C=O) groups is 2. The Morgan fingerprint density at radius 3 is 2.71 bits per heavy atom. The lowest BCUT2D eigenvalue weighted by Gasteiger charge is -2.25. The molecule has 3 aromatic heterocycles. The molecule has 2 aromatic carbocycles. The molecule has 216 valence electrons. The zero-order valence-corrected chi connectivity index (χ0v) is 23.6. The lowest BCUT2D eigenvalue weighted by atomic mass is 10.1. The number of likely N-dealkylation sites (tertiary alicyclic amines) is 1. The van der Waals surface area contributed by atoms with Gasteiger partial charge in [-0.3, -0.25) is 14.8 Å². The molecule has 0 bridgehead atoms. The van der Waals surface area contributed by atoms with Crippen molar-refractivity contribution in [1.82, 2.24) is 29.3 Å². The summed E-state index contributed by atoms with van der Waals surface area (Å²) in [5.74, 6) is 0.962. The molecule has 11 nitrogen and oxygen atoms in total. The maximum atomic E-state index is 12.6. The molecule has 5 aromatic rings. The molecule has 1 aliphatic rings. The van der Waals surface area contributed by atoms with E-state index in [4.69, 9.17) is 4.74 Å². The maximum Gasteiger partial charge on any atom is 0.411 e. The molecule has 0 atom stereocenters. The van der Waals surface area contributed by atoms with Gasteiger partial charge in [0, 0.05) is 49.1 Å². The Balaban J connectivity index is 1.12. The number of carbonyl (C=O) groups excluding carboxylic acids is 2. The van der Waals surface area contributed by atoms with Crippen molar-refractivity contribution in [2.24, 2.45) is 0 Å². The van der Waals surface area contributed by atoms with Gasteiger partial charge in [0.25, 0.3) is 0 Å². The van der Waals surface area contributed by atoms with E-state index >= 15 is 0 Å². The molecule has 1 saturated heterocycles. The van der Waals surface area contributed by atoms with E-state index in [9.17, 15) is 9.59 Å². The largest absolute Gasteiger partial charge is 0.449 e. The predicted molar refractivity (Wildman–Crippen MR) is 161 cm³/mol. The van der Waals surface area contributed by atoms with Crippen LogP contribution in [0.15, 0.2) is 67.3 Å². The minimum Gasteiger partial charge on any atom is -0.449 e. The van der Waals surface area contributed by atoms with Gasteiger partial charge in [-0.25, -0.2) is 14.3 Å². The molecular weight excluding hydrogens is 532 g/mol. The smallest absolute Gasteiger partial charge is 0.411 e. The number of anilines is 3. The number of amides is 1. The minimum absolute atomic E-state index is 0.308. The summed E-state index contributed by atoms with van der Waals surface area (Å²) in [6.07, 6.45) is 7.23. The highest BCUT2D eigenvalue weighted by Crippen LogP contribution is 2.30. The van der Waals surface area contributed by atoms with Gasteiger partial charge >= 0.3 is 6.09 Å². The number of benzene rings is 2. The number of Topliss-reactive ketones (excluding diaryl/α,β-unsaturated/α-hetero) is 1. The van der Waals surface area contributed by atoms with Gasteiger partial charge in [0.1, 0.15) is 17.6 Å². The fourth-order valence-electron chi connectivity index (χ4n) is 5.44. The van der Waals surface area contributed by atoms with Crippen LogP contribution >= 0.6 is 0 Å². The molecule has 42 heavy (non-hydrogen) atoms. The van der Waals surface area contributed by atoms with Crippen LogP contribution in [-0.4, -0.2) is 67.4 Å². The minimum atomic E-state index is -0.505. The van der Waals surface area contributed by atoms with E-state index in [0.717, 1.165) is 53.7 Å². The van der Waals surface area contributed by atoms with E-state index in [0.29, 0.717) is 49.7 Å². The summed E-state index contributed by atoms with van der Waals surface area (Å²) < 4.78 is 9.16. The molecule has 0 saturated carbocycles. The lowest BCUT2D eigenvalue weighted by Crippen LogP contribution is -2.35. The van der Waals surface area contributed by atoms with Crippen LogP contribution < -0.4 is 10.6 Å². The molecule has 1 amide bonds. The van der Waals surface area contributed by atoms with Crippen LogP contribution in [0.25, 0.3) is 16.4 Å². The Bertz CT molecular complexity index is 1700. The Morgan fingerprint density at radius 2 is 1.90 bits per heavy atom. The fourth-order valence-corrected chi connectivity index (χ4v) is 5.44. The zero-order valence-electron chi connectivity index (χ0n) is 23.6. The van der Waals surface area contributed by atoms with Gasteiger partial charge in [-0.05, 0) is 36.6 Å². The van der Waals surface area contributed by atoms with Crippen LogP contribution in [0, 0.1) is 0 Å². The number of nitrogens with one attached hydrogen (secondary N) is 2. The average Bonchev–Trinajstić information content (AvgIpc) is 3.57. The van der Waals surface area contributed by atoms with Crippen molar-refractivity contribution in [3.8, 4) is 0 Å². The fraction of sp³-hybridized carbons (Fsp3) is 0.323. The first-order valence-corrected chi connectivity index (χ1v) is 14.4. The number of ketones is 1. The summed E-state index contributed by atoms with van der Waals surface area (Å²) in [6, 6.07) is 16.4. The van der Waals surface area contributed by atoms with Crippen molar-refractivity contribution in [3.05, 3.63) is 78.4 Å². The monoisotopic (exact) mass is 566 g/mol. The van der Waals surface area contributed by atoms with Crippen molar-refractivity contribution in [2.75, 3.05) is 36.9 Å². The molecule has 0 radical (unpaired) electrons. The first-order chi connectivity index (χ1) is 20.6. The molecule has 11 heteroatoms. The number of fused-ring (bicyclic) bond motifs is 2. The quantitative estimate of drug-likeness (QED) is 0.226. The van der Waals surface area contributed by atoms with Crippen LogP contribution in [0.5, 0.6) is 0 Å². The third-order valence-corrected chi connectivity index (χ3v) is 7.61. The van der Waals surface area contributed by atoms with Gasteiger partial charge in [-0.2, -0.15) is 10.2 Å². The third kappa shape index (κ3) is 6.10. The number of nitrogens with zero attached hydrogens (tertiary/aromatic N) is 6. The van der Waals surface area contributed by atoms with Crippen molar-refractivity contribution >= 4 is 45.5 Å². The molecule has 2 N–H and O–H groups in total. The van der Waals surface area contributed by atoms with Crippen molar-refractivity contribution in [1.29, 1.82) is 0 Å². The van der Waals surface area contributed by atoms with Gasteiger partial charge in [-0.15, -0.1) is 0 Å².